The summed E-state index contributed by atoms with van der Waals surface area (Å²) in [5, 5.41) is 11.5. The standard InChI is InChI=1S/C24H25F4NO4/c1-22(2,18-11-16(25)7-8-20(18)32-3)13-23(31,24(26,27)28)12-17-9-14-5-6-15(21(30)33-4)10-19(14)29-17/h5-11,29,31H,12-13H2,1-4H3. The summed E-state index contributed by atoms with van der Waals surface area (Å²) in [5.41, 5.74) is -3.39. The van der Waals surface area contributed by atoms with Gasteiger partial charge in [0.2, 0.25) is 0 Å². The molecule has 0 fully saturated rings. The highest BCUT2D eigenvalue weighted by atomic mass is 19.4. The average molecular weight is 467 g/mol. The van der Waals surface area contributed by atoms with Gasteiger partial charge in [0.1, 0.15) is 11.6 Å². The number of esters is 1. The monoisotopic (exact) mass is 467 g/mol. The molecule has 9 heteroatoms. The molecule has 178 valence electrons. The van der Waals surface area contributed by atoms with Crippen molar-refractivity contribution in [3.05, 3.63) is 65.1 Å². The number of aliphatic hydroxyl groups is 1. The van der Waals surface area contributed by atoms with Crippen LogP contribution in [-0.2, 0) is 16.6 Å². The SMILES string of the molecule is COC(=O)c1ccc2cc(CC(O)(CC(C)(C)c3cc(F)ccc3OC)C(F)(F)F)[nH]c2c1. The minimum Gasteiger partial charge on any atom is -0.496 e. The third kappa shape index (κ3) is 4.98. The molecule has 1 atom stereocenters. The number of methoxy groups -OCH3 is 2. The largest absolute Gasteiger partial charge is 0.496 e. The van der Waals surface area contributed by atoms with E-state index in [2.05, 4.69) is 9.72 Å². The molecule has 0 saturated heterocycles. The smallest absolute Gasteiger partial charge is 0.417 e. The van der Waals surface area contributed by atoms with Gasteiger partial charge in [-0.1, -0.05) is 19.9 Å². The van der Waals surface area contributed by atoms with Crippen molar-refractivity contribution in [1.29, 1.82) is 0 Å². The van der Waals surface area contributed by atoms with Crippen molar-refractivity contribution < 1.29 is 36.9 Å². The molecule has 3 rings (SSSR count). The molecule has 0 bridgehead atoms. The Morgan fingerprint density at radius 1 is 1.06 bits per heavy atom. The van der Waals surface area contributed by atoms with Crippen molar-refractivity contribution in [3.8, 4) is 5.75 Å². The van der Waals surface area contributed by atoms with Gasteiger partial charge in [0.15, 0.2) is 5.60 Å². The molecule has 0 spiro atoms. The highest BCUT2D eigenvalue weighted by Gasteiger charge is 2.56. The van der Waals surface area contributed by atoms with Gasteiger partial charge >= 0.3 is 12.1 Å². The second kappa shape index (κ2) is 8.70. The molecular formula is C24H25F4NO4. The van der Waals surface area contributed by atoms with E-state index in [1.165, 1.54) is 52.3 Å². The molecule has 0 saturated carbocycles. The molecule has 0 aliphatic rings. The first-order chi connectivity index (χ1) is 15.3. The van der Waals surface area contributed by atoms with Gasteiger partial charge in [0, 0.05) is 23.2 Å². The Kier molecular flexibility index (Phi) is 6.48. The number of H-pyrrole nitrogens is 1. The zero-order valence-electron chi connectivity index (χ0n) is 18.6. The topological polar surface area (TPSA) is 71.6 Å². The van der Waals surface area contributed by atoms with E-state index < -0.39 is 41.8 Å². The molecule has 3 aromatic rings. The Morgan fingerprint density at radius 2 is 1.76 bits per heavy atom. The number of ether oxygens (including phenoxy) is 2. The van der Waals surface area contributed by atoms with Gasteiger partial charge < -0.3 is 19.6 Å². The quantitative estimate of drug-likeness (QED) is 0.365. The number of carbonyl (C=O) groups excluding carboxylic acids is 1. The van der Waals surface area contributed by atoms with Crippen LogP contribution in [0.1, 0.15) is 41.9 Å². The molecular weight excluding hydrogens is 442 g/mol. The van der Waals surface area contributed by atoms with Crippen LogP contribution in [0.4, 0.5) is 17.6 Å². The third-order valence-electron chi connectivity index (χ3n) is 5.73. The number of benzene rings is 2. The number of halogens is 4. The van der Waals surface area contributed by atoms with Crippen LogP contribution in [0.2, 0.25) is 0 Å². The van der Waals surface area contributed by atoms with Gasteiger partial charge in [-0.25, -0.2) is 9.18 Å². The first-order valence-electron chi connectivity index (χ1n) is 10.1. The number of rotatable bonds is 7. The van der Waals surface area contributed by atoms with Crippen LogP contribution in [0.25, 0.3) is 10.9 Å². The summed E-state index contributed by atoms with van der Waals surface area (Å²) < 4.78 is 66.2. The lowest BCUT2D eigenvalue weighted by Crippen LogP contribution is -2.51. The van der Waals surface area contributed by atoms with E-state index in [0.717, 1.165) is 12.1 Å². The minimum absolute atomic E-state index is 0.133. The van der Waals surface area contributed by atoms with Crippen LogP contribution in [0.3, 0.4) is 0 Å². The summed E-state index contributed by atoms with van der Waals surface area (Å²) in [5.74, 6) is -0.969. The first-order valence-corrected chi connectivity index (χ1v) is 10.1. The van der Waals surface area contributed by atoms with Gasteiger partial charge in [-0.2, -0.15) is 13.2 Å². The minimum atomic E-state index is -4.97. The van der Waals surface area contributed by atoms with E-state index in [1.807, 2.05) is 0 Å². The number of alkyl halides is 3. The van der Waals surface area contributed by atoms with E-state index in [0.29, 0.717) is 10.9 Å². The van der Waals surface area contributed by atoms with Crippen molar-refractivity contribution in [3.63, 3.8) is 0 Å². The maximum atomic E-state index is 14.1. The van der Waals surface area contributed by atoms with E-state index in [-0.39, 0.29) is 22.6 Å². The Labute approximate surface area is 188 Å². The fourth-order valence-corrected chi connectivity index (χ4v) is 4.14. The maximum absolute atomic E-state index is 14.1. The van der Waals surface area contributed by atoms with Crippen molar-refractivity contribution >= 4 is 16.9 Å². The molecule has 1 unspecified atom stereocenters. The number of aromatic amines is 1. The van der Waals surface area contributed by atoms with Crippen molar-refractivity contribution in [2.75, 3.05) is 14.2 Å². The fourth-order valence-electron chi connectivity index (χ4n) is 4.14. The van der Waals surface area contributed by atoms with E-state index in [1.54, 1.807) is 6.07 Å². The fraction of sp³-hybridized carbons (Fsp3) is 0.375. The molecule has 0 amide bonds. The Balaban J connectivity index is 1.98. The van der Waals surface area contributed by atoms with E-state index in [9.17, 15) is 27.5 Å². The number of aromatic nitrogens is 1. The number of nitrogens with one attached hydrogen (secondary N) is 1. The van der Waals surface area contributed by atoms with Crippen LogP contribution in [0.5, 0.6) is 5.75 Å². The van der Waals surface area contributed by atoms with Crippen LogP contribution < -0.4 is 4.74 Å². The van der Waals surface area contributed by atoms with Gasteiger partial charge in [-0.05, 0) is 53.6 Å². The number of carbonyl (C=O) groups is 1. The second-order valence-electron chi connectivity index (χ2n) is 8.70. The predicted molar refractivity (Wildman–Crippen MR) is 115 cm³/mol. The summed E-state index contributed by atoms with van der Waals surface area (Å²) in [6, 6.07) is 9.66. The number of hydrogen-bond donors (Lipinski definition) is 2. The summed E-state index contributed by atoms with van der Waals surface area (Å²) in [6.45, 7) is 2.99. The third-order valence-corrected chi connectivity index (χ3v) is 5.73. The maximum Gasteiger partial charge on any atom is 0.417 e. The Morgan fingerprint density at radius 3 is 2.36 bits per heavy atom. The lowest BCUT2D eigenvalue weighted by Gasteiger charge is -2.38. The van der Waals surface area contributed by atoms with Gasteiger partial charge in [-0.3, -0.25) is 0 Å². The summed E-state index contributed by atoms with van der Waals surface area (Å²) in [4.78, 5) is 14.6. The highest BCUT2D eigenvalue weighted by Crippen LogP contribution is 2.45. The van der Waals surface area contributed by atoms with Crippen LogP contribution >= 0.6 is 0 Å². The van der Waals surface area contributed by atoms with Crippen LogP contribution in [-0.4, -0.2) is 42.1 Å². The summed E-state index contributed by atoms with van der Waals surface area (Å²) in [7, 11) is 2.57. The lowest BCUT2D eigenvalue weighted by atomic mass is 9.73. The van der Waals surface area contributed by atoms with Crippen LogP contribution in [0, 0.1) is 5.82 Å². The van der Waals surface area contributed by atoms with Gasteiger partial charge in [-0.15, -0.1) is 0 Å². The molecule has 0 aliphatic carbocycles. The molecule has 2 aromatic carbocycles. The van der Waals surface area contributed by atoms with Gasteiger partial charge in [0.25, 0.3) is 0 Å². The zero-order valence-corrected chi connectivity index (χ0v) is 18.6. The van der Waals surface area contributed by atoms with Crippen molar-refractivity contribution in [1.82, 2.24) is 4.98 Å². The Hall–Kier alpha value is -3.07. The average Bonchev–Trinajstić information content (AvgIpc) is 3.12. The van der Waals surface area contributed by atoms with Gasteiger partial charge in [0.05, 0.1) is 19.8 Å². The molecule has 0 aliphatic heterocycles. The summed E-state index contributed by atoms with van der Waals surface area (Å²) in [6.07, 6.45) is -6.48. The normalized spacial score (nSPS) is 14.2. The number of hydrogen-bond acceptors (Lipinski definition) is 4. The second-order valence-corrected chi connectivity index (χ2v) is 8.70. The molecule has 33 heavy (non-hydrogen) atoms. The van der Waals surface area contributed by atoms with Crippen molar-refractivity contribution in [2.24, 2.45) is 0 Å². The molecule has 1 aromatic heterocycles. The van der Waals surface area contributed by atoms with E-state index >= 15 is 0 Å². The van der Waals surface area contributed by atoms with Crippen molar-refractivity contribution in [2.45, 2.75) is 43.9 Å². The molecule has 0 radical (unpaired) electrons. The molecule has 5 nitrogen and oxygen atoms in total. The highest BCUT2D eigenvalue weighted by molar-refractivity contribution is 5.94. The van der Waals surface area contributed by atoms with E-state index in [4.69, 9.17) is 4.74 Å². The first kappa shape index (κ1) is 24.6. The molecule has 2 N–H and O–H groups in total. The Bertz CT molecular complexity index is 1170. The predicted octanol–water partition coefficient (Wildman–Crippen LogP) is 5.31. The van der Waals surface area contributed by atoms with Crippen LogP contribution in [0.15, 0.2) is 42.5 Å². The number of fused-ring (bicyclic) bond motifs is 1. The zero-order chi connectivity index (χ0) is 24.6. The molecule has 1 heterocycles. The summed E-state index contributed by atoms with van der Waals surface area (Å²) >= 11 is 0. The lowest BCUT2D eigenvalue weighted by molar-refractivity contribution is -0.266.